The summed E-state index contributed by atoms with van der Waals surface area (Å²) in [5, 5.41) is 10.7. The molecule has 1 aliphatic rings. The van der Waals surface area contributed by atoms with Crippen LogP contribution in [0.3, 0.4) is 0 Å². The van der Waals surface area contributed by atoms with E-state index >= 15 is 0 Å². The molecule has 1 fully saturated rings. The molecule has 0 radical (unpaired) electrons. The van der Waals surface area contributed by atoms with Gasteiger partial charge in [-0.1, -0.05) is 13.8 Å². The molecule has 7 nitrogen and oxygen atoms in total. The molecule has 3 rings (SSSR count). The van der Waals surface area contributed by atoms with Crippen molar-refractivity contribution in [2.75, 3.05) is 27.3 Å². The van der Waals surface area contributed by atoms with Gasteiger partial charge in [-0.3, -0.25) is 14.8 Å². The van der Waals surface area contributed by atoms with Gasteiger partial charge in [0.1, 0.15) is 11.5 Å². The minimum absolute atomic E-state index is 0.0897. The van der Waals surface area contributed by atoms with Gasteiger partial charge in [0.2, 0.25) is 5.91 Å². The molecule has 0 bridgehead atoms. The number of rotatable bonds is 11. The maximum Gasteiger partial charge on any atom is 0.220 e. The van der Waals surface area contributed by atoms with Crippen LogP contribution in [-0.2, 0) is 24.3 Å². The van der Waals surface area contributed by atoms with E-state index in [1.54, 1.807) is 14.2 Å². The summed E-state index contributed by atoms with van der Waals surface area (Å²) in [6, 6.07) is 7.85. The molecule has 1 aliphatic heterocycles. The van der Waals surface area contributed by atoms with Crippen LogP contribution in [0.5, 0.6) is 11.5 Å². The van der Waals surface area contributed by atoms with E-state index in [1.165, 1.54) is 18.5 Å². The van der Waals surface area contributed by atoms with Crippen LogP contribution >= 0.6 is 0 Å². The second-order valence-corrected chi connectivity index (χ2v) is 9.22. The molecule has 7 heteroatoms. The largest absolute Gasteiger partial charge is 0.497 e. The van der Waals surface area contributed by atoms with Crippen LogP contribution in [0.15, 0.2) is 24.3 Å². The molecule has 2 aromatic rings. The molecular formula is C25H38N4O3. The number of hydrogen-bond donors (Lipinski definition) is 2. The smallest absolute Gasteiger partial charge is 0.220 e. The molecule has 1 aromatic carbocycles. The summed E-state index contributed by atoms with van der Waals surface area (Å²) in [6.45, 7) is 7.95. The van der Waals surface area contributed by atoms with Crippen molar-refractivity contribution in [3.05, 3.63) is 41.2 Å². The average molecular weight is 443 g/mol. The van der Waals surface area contributed by atoms with E-state index < -0.39 is 0 Å². The Morgan fingerprint density at radius 1 is 1.28 bits per heavy atom. The van der Waals surface area contributed by atoms with Gasteiger partial charge in [0.05, 0.1) is 19.9 Å². The molecule has 1 aromatic heterocycles. The molecule has 2 heterocycles. The molecule has 0 spiro atoms. The van der Waals surface area contributed by atoms with E-state index in [9.17, 15) is 4.79 Å². The first kappa shape index (κ1) is 24.1. The number of likely N-dealkylation sites (tertiary alicyclic amines) is 1. The number of ether oxygens (including phenoxy) is 2. The lowest BCUT2D eigenvalue weighted by atomic mass is 9.93. The quantitative estimate of drug-likeness (QED) is 0.551. The van der Waals surface area contributed by atoms with Gasteiger partial charge in [0, 0.05) is 43.4 Å². The van der Waals surface area contributed by atoms with Crippen LogP contribution in [0, 0.1) is 11.8 Å². The number of methoxy groups -OCH3 is 2. The maximum atomic E-state index is 12.4. The molecule has 176 valence electrons. The number of amides is 1. The lowest BCUT2D eigenvalue weighted by molar-refractivity contribution is -0.121. The van der Waals surface area contributed by atoms with Crippen molar-refractivity contribution in [1.29, 1.82) is 0 Å². The fourth-order valence-corrected chi connectivity index (χ4v) is 4.40. The SMILES string of the molecule is COc1ccc(CNC(=O)CCC2CCCN(Cc3cc(CC(C)C)n[nH]3)C2)c(OC)c1. The highest BCUT2D eigenvalue weighted by atomic mass is 16.5. The van der Waals surface area contributed by atoms with Crippen LogP contribution in [0.25, 0.3) is 0 Å². The van der Waals surface area contributed by atoms with Gasteiger partial charge in [-0.25, -0.2) is 0 Å². The topological polar surface area (TPSA) is 79.5 Å². The number of carbonyl (C=O) groups excluding carboxylic acids is 1. The van der Waals surface area contributed by atoms with Gasteiger partial charge >= 0.3 is 0 Å². The molecule has 1 amide bonds. The third-order valence-corrected chi connectivity index (χ3v) is 6.05. The van der Waals surface area contributed by atoms with Crippen LogP contribution in [0.1, 0.15) is 56.5 Å². The molecule has 1 atom stereocenters. The van der Waals surface area contributed by atoms with Crippen LogP contribution < -0.4 is 14.8 Å². The second-order valence-electron chi connectivity index (χ2n) is 9.22. The Bertz CT molecular complexity index is 865. The van der Waals surface area contributed by atoms with E-state index in [-0.39, 0.29) is 5.91 Å². The molecule has 2 N–H and O–H groups in total. The normalized spacial score (nSPS) is 16.8. The van der Waals surface area contributed by atoms with Crippen molar-refractivity contribution in [3.8, 4) is 11.5 Å². The number of carbonyl (C=O) groups is 1. The zero-order chi connectivity index (χ0) is 22.9. The van der Waals surface area contributed by atoms with Crippen molar-refractivity contribution >= 4 is 5.91 Å². The first-order chi connectivity index (χ1) is 15.5. The van der Waals surface area contributed by atoms with E-state index in [2.05, 4.69) is 40.3 Å². The Labute approximate surface area is 191 Å². The summed E-state index contributed by atoms with van der Waals surface area (Å²) in [5.41, 5.74) is 3.28. The standard InChI is InChI=1S/C25H38N4O3/c1-18(2)12-21-13-22(28-27-21)17-29-11-5-6-19(16-29)7-10-25(30)26-15-20-8-9-23(31-3)14-24(20)32-4/h8-9,13-14,18-19H,5-7,10-12,15-17H2,1-4H3,(H,26,30)(H,27,28). The number of piperidine rings is 1. The summed E-state index contributed by atoms with van der Waals surface area (Å²) < 4.78 is 10.6. The van der Waals surface area contributed by atoms with E-state index in [0.29, 0.717) is 24.8 Å². The number of hydrogen-bond acceptors (Lipinski definition) is 5. The molecule has 32 heavy (non-hydrogen) atoms. The van der Waals surface area contributed by atoms with Gasteiger partial charge in [0.15, 0.2) is 0 Å². The van der Waals surface area contributed by atoms with Crippen LogP contribution in [0.4, 0.5) is 0 Å². The fraction of sp³-hybridized carbons (Fsp3) is 0.600. The molecule has 1 unspecified atom stereocenters. The van der Waals surface area contributed by atoms with Crippen molar-refractivity contribution in [3.63, 3.8) is 0 Å². The Hall–Kier alpha value is -2.54. The zero-order valence-corrected chi connectivity index (χ0v) is 19.9. The van der Waals surface area contributed by atoms with E-state index in [0.717, 1.165) is 55.2 Å². The number of benzene rings is 1. The van der Waals surface area contributed by atoms with E-state index in [4.69, 9.17) is 9.47 Å². The Morgan fingerprint density at radius 2 is 2.12 bits per heavy atom. The highest BCUT2D eigenvalue weighted by Gasteiger charge is 2.21. The van der Waals surface area contributed by atoms with Crippen molar-refractivity contribution in [1.82, 2.24) is 20.4 Å². The highest BCUT2D eigenvalue weighted by Crippen LogP contribution is 2.25. The number of aromatic amines is 1. The van der Waals surface area contributed by atoms with Crippen LogP contribution in [-0.4, -0.2) is 48.3 Å². The van der Waals surface area contributed by atoms with Crippen molar-refractivity contribution in [2.24, 2.45) is 11.8 Å². The third-order valence-electron chi connectivity index (χ3n) is 6.05. The number of H-pyrrole nitrogens is 1. The number of nitrogens with one attached hydrogen (secondary N) is 2. The fourth-order valence-electron chi connectivity index (χ4n) is 4.40. The Morgan fingerprint density at radius 3 is 2.88 bits per heavy atom. The molecule has 1 saturated heterocycles. The monoisotopic (exact) mass is 442 g/mol. The lowest BCUT2D eigenvalue weighted by Gasteiger charge is -2.32. The van der Waals surface area contributed by atoms with E-state index in [1.807, 2.05) is 18.2 Å². The summed E-state index contributed by atoms with van der Waals surface area (Å²) in [6.07, 6.45) is 4.86. The van der Waals surface area contributed by atoms with Gasteiger partial charge in [-0.15, -0.1) is 0 Å². The zero-order valence-electron chi connectivity index (χ0n) is 19.9. The number of aromatic nitrogens is 2. The highest BCUT2D eigenvalue weighted by molar-refractivity contribution is 5.75. The van der Waals surface area contributed by atoms with Crippen molar-refractivity contribution in [2.45, 2.75) is 59.0 Å². The summed E-state index contributed by atoms with van der Waals surface area (Å²) >= 11 is 0. The molecule has 0 saturated carbocycles. The molecule has 0 aliphatic carbocycles. The van der Waals surface area contributed by atoms with Gasteiger partial charge < -0.3 is 14.8 Å². The van der Waals surface area contributed by atoms with Gasteiger partial charge in [-0.05, 0) is 62.3 Å². The maximum absolute atomic E-state index is 12.4. The summed E-state index contributed by atoms with van der Waals surface area (Å²) in [5.74, 6) is 2.73. The minimum Gasteiger partial charge on any atom is -0.497 e. The van der Waals surface area contributed by atoms with Gasteiger partial charge in [0.25, 0.3) is 0 Å². The Kier molecular flexibility index (Phi) is 8.97. The summed E-state index contributed by atoms with van der Waals surface area (Å²) in [7, 11) is 3.26. The number of nitrogens with zero attached hydrogens (tertiary/aromatic N) is 2. The molecular weight excluding hydrogens is 404 g/mol. The van der Waals surface area contributed by atoms with Crippen molar-refractivity contribution < 1.29 is 14.3 Å². The second kappa shape index (κ2) is 11.9. The predicted molar refractivity (Wildman–Crippen MR) is 126 cm³/mol. The van der Waals surface area contributed by atoms with Crippen LogP contribution in [0.2, 0.25) is 0 Å². The lowest BCUT2D eigenvalue weighted by Crippen LogP contribution is -2.35. The Balaban J connectivity index is 1.41. The average Bonchev–Trinajstić information content (AvgIpc) is 3.22. The van der Waals surface area contributed by atoms with Gasteiger partial charge in [-0.2, -0.15) is 5.10 Å². The third kappa shape index (κ3) is 7.26. The minimum atomic E-state index is 0.0897. The predicted octanol–water partition coefficient (Wildman–Crippen LogP) is 3.93. The summed E-state index contributed by atoms with van der Waals surface area (Å²) in [4.78, 5) is 14.9. The first-order valence-electron chi connectivity index (χ1n) is 11.7. The first-order valence-corrected chi connectivity index (χ1v) is 11.7.